The summed E-state index contributed by atoms with van der Waals surface area (Å²) in [6.07, 6.45) is 2.37. The summed E-state index contributed by atoms with van der Waals surface area (Å²) >= 11 is 0. The van der Waals surface area contributed by atoms with Crippen molar-refractivity contribution in [3.05, 3.63) is 41.1 Å². The molecule has 0 aliphatic rings. The van der Waals surface area contributed by atoms with E-state index in [9.17, 15) is 4.79 Å². The Hall–Kier alpha value is -1.90. The van der Waals surface area contributed by atoms with Crippen molar-refractivity contribution in [2.75, 3.05) is 0 Å². The van der Waals surface area contributed by atoms with Gasteiger partial charge in [0.1, 0.15) is 0 Å². The molecular weight excluding hydrogens is 188 g/mol. The van der Waals surface area contributed by atoms with Gasteiger partial charge >= 0.3 is 0 Å². The number of benzene rings is 1. The molecule has 0 atom stereocenters. The molecule has 0 spiro atoms. The van der Waals surface area contributed by atoms with E-state index >= 15 is 0 Å². The van der Waals surface area contributed by atoms with E-state index in [1.165, 1.54) is 5.56 Å². The Balaban J connectivity index is 2.62. The lowest BCUT2D eigenvalue weighted by molar-refractivity contribution is 0.112. The van der Waals surface area contributed by atoms with Crippen LogP contribution in [0.4, 0.5) is 0 Å². The fourth-order valence-corrected chi connectivity index (χ4v) is 1.61. The second-order valence-electron chi connectivity index (χ2n) is 3.64. The van der Waals surface area contributed by atoms with Crippen molar-refractivity contribution in [3.63, 3.8) is 0 Å². The summed E-state index contributed by atoms with van der Waals surface area (Å²) in [5.41, 5.74) is 4.74. The van der Waals surface area contributed by atoms with E-state index in [1.807, 2.05) is 19.9 Å². The zero-order valence-electron chi connectivity index (χ0n) is 8.74. The Labute approximate surface area is 88.1 Å². The van der Waals surface area contributed by atoms with Crippen LogP contribution in [0.15, 0.2) is 24.4 Å². The van der Waals surface area contributed by atoms with Crippen molar-refractivity contribution in [3.8, 4) is 11.3 Å². The Morgan fingerprint density at radius 3 is 2.87 bits per heavy atom. The van der Waals surface area contributed by atoms with Gasteiger partial charge in [0.05, 0.1) is 17.5 Å². The molecule has 1 heterocycles. The third-order valence-corrected chi connectivity index (χ3v) is 2.46. The Bertz CT molecular complexity index is 500. The number of carbonyl (C=O) groups excluding carboxylic acids is 1. The molecule has 0 radical (unpaired) electrons. The number of H-pyrrole nitrogens is 1. The lowest BCUT2D eigenvalue weighted by atomic mass is 10.0. The highest BCUT2D eigenvalue weighted by Gasteiger charge is 2.09. The van der Waals surface area contributed by atoms with Crippen molar-refractivity contribution in [2.45, 2.75) is 13.8 Å². The number of hydrogen-bond acceptors (Lipinski definition) is 2. The maximum absolute atomic E-state index is 10.8. The number of aldehydes is 1. The predicted molar refractivity (Wildman–Crippen MR) is 58.9 cm³/mol. The van der Waals surface area contributed by atoms with Gasteiger partial charge in [-0.25, -0.2) is 0 Å². The minimum absolute atomic E-state index is 0.601. The standard InChI is InChI=1S/C12H12N2O/c1-8-3-4-9(2)11(5-8)12-10(7-15)6-13-14-12/h3-7H,1-2H3,(H,13,14). The van der Waals surface area contributed by atoms with Crippen LogP contribution in [0.5, 0.6) is 0 Å². The second-order valence-corrected chi connectivity index (χ2v) is 3.64. The Morgan fingerprint density at radius 1 is 1.33 bits per heavy atom. The summed E-state index contributed by atoms with van der Waals surface area (Å²) in [6.45, 7) is 4.05. The van der Waals surface area contributed by atoms with Gasteiger partial charge in [-0.2, -0.15) is 5.10 Å². The normalized spacial score (nSPS) is 10.3. The van der Waals surface area contributed by atoms with Gasteiger partial charge in [-0.15, -0.1) is 0 Å². The molecule has 2 aromatic rings. The number of aromatic amines is 1. The fraction of sp³-hybridized carbons (Fsp3) is 0.167. The summed E-state index contributed by atoms with van der Waals surface area (Å²) in [4.78, 5) is 10.8. The number of carbonyl (C=O) groups is 1. The molecule has 15 heavy (non-hydrogen) atoms. The topological polar surface area (TPSA) is 45.8 Å². The number of nitrogens with zero attached hydrogens (tertiary/aromatic N) is 1. The second kappa shape index (κ2) is 3.69. The van der Waals surface area contributed by atoms with Crippen molar-refractivity contribution in [2.24, 2.45) is 0 Å². The van der Waals surface area contributed by atoms with E-state index in [-0.39, 0.29) is 0 Å². The van der Waals surface area contributed by atoms with Crippen molar-refractivity contribution in [1.29, 1.82) is 0 Å². The third-order valence-electron chi connectivity index (χ3n) is 2.46. The van der Waals surface area contributed by atoms with Crippen LogP contribution in [-0.2, 0) is 0 Å². The zero-order valence-corrected chi connectivity index (χ0v) is 8.74. The van der Waals surface area contributed by atoms with Crippen LogP contribution in [0.3, 0.4) is 0 Å². The molecule has 1 aromatic carbocycles. The first kappa shape index (κ1) is 9.65. The molecule has 0 amide bonds. The number of rotatable bonds is 2. The number of nitrogens with one attached hydrogen (secondary N) is 1. The van der Waals surface area contributed by atoms with Gasteiger partial charge in [-0.1, -0.05) is 17.7 Å². The highest BCUT2D eigenvalue weighted by atomic mass is 16.1. The summed E-state index contributed by atoms with van der Waals surface area (Å²) in [5.74, 6) is 0. The van der Waals surface area contributed by atoms with Gasteiger partial charge in [0.2, 0.25) is 0 Å². The van der Waals surface area contributed by atoms with E-state index in [4.69, 9.17) is 0 Å². The average Bonchev–Trinajstić information content (AvgIpc) is 2.69. The van der Waals surface area contributed by atoms with E-state index in [1.54, 1.807) is 6.20 Å². The zero-order chi connectivity index (χ0) is 10.8. The molecule has 0 unspecified atom stereocenters. The van der Waals surface area contributed by atoms with Gasteiger partial charge in [0, 0.05) is 5.56 Å². The molecule has 2 rings (SSSR count). The average molecular weight is 200 g/mol. The molecule has 3 nitrogen and oxygen atoms in total. The van der Waals surface area contributed by atoms with E-state index in [0.717, 1.165) is 23.1 Å². The summed E-state index contributed by atoms with van der Waals surface area (Å²) in [6, 6.07) is 6.14. The molecule has 1 aromatic heterocycles. The highest BCUT2D eigenvalue weighted by molar-refractivity contribution is 5.86. The van der Waals surface area contributed by atoms with E-state index < -0.39 is 0 Å². The molecule has 76 valence electrons. The smallest absolute Gasteiger partial charge is 0.153 e. The van der Waals surface area contributed by atoms with Crippen LogP contribution in [0, 0.1) is 13.8 Å². The maximum Gasteiger partial charge on any atom is 0.153 e. The first-order valence-corrected chi connectivity index (χ1v) is 4.78. The quantitative estimate of drug-likeness (QED) is 0.757. The molecule has 1 N–H and O–H groups in total. The van der Waals surface area contributed by atoms with Crippen LogP contribution in [0.1, 0.15) is 21.5 Å². The Morgan fingerprint density at radius 2 is 2.13 bits per heavy atom. The van der Waals surface area contributed by atoms with Crippen molar-refractivity contribution < 1.29 is 4.79 Å². The number of hydrogen-bond donors (Lipinski definition) is 1. The lowest BCUT2D eigenvalue weighted by Gasteiger charge is -2.05. The van der Waals surface area contributed by atoms with E-state index in [2.05, 4.69) is 22.3 Å². The van der Waals surface area contributed by atoms with Crippen LogP contribution in [0.25, 0.3) is 11.3 Å². The van der Waals surface area contributed by atoms with Crippen LogP contribution in [0.2, 0.25) is 0 Å². The summed E-state index contributed by atoms with van der Waals surface area (Å²) in [5, 5.41) is 6.74. The first-order valence-electron chi connectivity index (χ1n) is 4.78. The maximum atomic E-state index is 10.8. The van der Waals surface area contributed by atoms with Crippen molar-refractivity contribution in [1.82, 2.24) is 10.2 Å². The number of aryl methyl sites for hydroxylation is 2. The molecule has 0 saturated carbocycles. The largest absolute Gasteiger partial charge is 0.298 e. The fourth-order valence-electron chi connectivity index (χ4n) is 1.61. The molecule has 0 saturated heterocycles. The van der Waals surface area contributed by atoms with Crippen molar-refractivity contribution >= 4 is 6.29 Å². The third kappa shape index (κ3) is 1.68. The number of aromatic nitrogens is 2. The summed E-state index contributed by atoms with van der Waals surface area (Å²) < 4.78 is 0. The monoisotopic (exact) mass is 200 g/mol. The molecule has 3 heteroatoms. The van der Waals surface area contributed by atoms with Crippen LogP contribution < -0.4 is 0 Å². The summed E-state index contributed by atoms with van der Waals surface area (Å²) in [7, 11) is 0. The van der Waals surface area contributed by atoms with Gasteiger partial charge in [0.25, 0.3) is 0 Å². The lowest BCUT2D eigenvalue weighted by Crippen LogP contribution is -1.89. The van der Waals surface area contributed by atoms with Crippen LogP contribution in [-0.4, -0.2) is 16.5 Å². The molecule has 0 aliphatic heterocycles. The molecule has 0 aliphatic carbocycles. The first-order chi connectivity index (χ1) is 7.22. The van der Waals surface area contributed by atoms with Crippen LogP contribution >= 0.6 is 0 Å². The predicted octanol–water partition coefficient (Wildman–Crippen LogP) is 2.51. The molecular formula is C12H12N2O. The minimum Gasteiger partial charge on any atom is -0.298 e. The highest BCUT2D eigenvalue weighted by Crippen LogP contribution is 2.24. The molecule has 0 bridgehead atoms. The van der Waals surface area contributed by atoms with Gasteiger partial charge in [0.15, 0.2) is 6.29 Å². The van der Waals surface area contributed by atoms with Gasteiger partial charge < -0.3 is 0 Å². The van der Waals surface area contributed by atoms with E-state index in [0.29, 0.717) is 5.56 Å². The van der Waals surface area contributed by atoms with Gasteiger partial charge in [-0.05, 0) is 25.5 Å². The van der Waals surface area contributed by atoms with Gasteiger partial charge in [-0.3, -0.25) is 9.89 Å². The minimum atomic E-state index is 0.601. The SMILES string of the molecule is Cc1ccc(C)c(-c2[nH]ncc2C=O)c1. The Kier molecular flexibility index (Phi) is 2.37. The molecule has 0 fully saturated rings.